The van der Waals surface area contributed by atoms with Gasteiger partial charge < -0.3 is 9.64 Å². The number of carbonyl (C=O) groups excluding carboxylic acids is 2. The molecule has 8 heteroatoms. The zero-order valence-electron chi connectivity index (χ0n) is 19.4. The Bertz CT molecular complexity index is 1500. The van der Waals surface area contributed by atoms with Gasteiger partial charge >= 0.3 is 5.97 Å². The molecule has 1 atom stereocenters. The first-order valence-electron chi connectivity index (χ1n) is 12.0. The fourth-order valence-electron chi connectivity index (χ4n) is 5.54. The van der Waals surface area contributed by atoms with Crippen LogP contribution in [0.25, 0.3) is 21.8 Å². The minimum atomic E-state index is -0.748. The van der Waals surface area contributed by atoms with E-state index in [2.05, 4.69) is 39.6 Å². The second-order valence-corrected chi connectivity index (χ2v) is 10.6. The highest BCUT2D eigenvalue weighted by Gasteiger charge is 2.57. The van der Waals surface area contributed by atoms with Crippen LogP contribution in [0.4, 0.5) is 0 Å². The second kappa shape index (κ2) is 7.80. The molecular formula is C28H22N4O3S. The van der Waals surface area contributed by atoms with Crippen LogP contribution in [0.3, 0.4) is 0 Å². The topological polar surface area (TPSA) is 85.3 Å². The number of hydrogen-bond acceptors (Lipinski definition) is 7. The van der Waals surface area contributed by atoms with Gasteiger partial charge in [-0.3, -0.25) is 14.8 Å². The Morgan fingerprint density at radius 3 is 2.58 bits per heavy atom. The monoisotopic (exact) mass is 494 g/mol. The molecule has 3 aromatic heterocycles. The molecule has 2 fully saturated rings. The van der Waals surface area contributed by atoms with E-state index < -0.39 is 11.0 Å². The molecule has 1 saturated heterocycles. The Morgan fingerprint density at radius 1 is 0.972 bits per heavy atom. The van der Waals surface area contributed by atoms with Gasteiger partial charge in [0, 0.05) is 59.8 Å². The summed E-state index contributed by atoms with van der Waals surface area (Å²) in [5.74, 6) is -0.226. The highest BCUT2D eigenvalue weighted by Crippen LogP contribution is 2.52. The number of ether oxygens (including phenoxy) is 1. The Morgan fingerprint density at radius 2 is 1.81 bits per heavy atom. The molecule has 3 aliphatic rings. The smallest absolute Gasteiger partial charge is 0.341 e. The van der Waals surface area contributed by atoms with Crippen molar-refractivity contribution in [1.82, 2.24) is 19.9 Å². The van der Waals surface area contributed by atoms with Crippen molar-refractivity contribution in [2.75, 3.05) is 13.1 Å². The molecule has 0 radical (unpaired) electrons. The average molecular weight is 495 g/mol. The summed E-state index contributed by atoms with van der Waals surface area (Å²) >= 11 is 1.59. The summed E-state index contributed by atoms with van der Waals surface area (Å²) < 4.78 is 5.82. The first kappa shape index (κ1) is 21.4. The molecular weight excluding hydrogens is 472 g/mol. The summed E-state index contributed by atoms with van der Waals surface area (Å²) in [5, 5.41) is 2.99. The van der Waals surface area contributed by atoms with Gasteiger partial charge in [0.1, 0.15) is 5.01 Å². The van der Waals surface area contributed by atoms with Crippen LogP contribution < -0.4 is 0 Å². The van der Waals surface area contributed by atoms with Crippen molar-refractivity contribution in [3.63, 3.8) is 0 Å². The number of nitrogens with zero attached hydrogens (tertiary/aromatic N) is 4. The largest absolute Gasteiger partial charge is 0.449 e. The van der Waals surface area contributed by atoms with Crippen molar-refractivity contribution >= 4 is 23.2 Å². The SMILES string of the molecule is O=C1OC2(CCN(C(=O)C3(c4ccc(-c5csc(-c6cccnc6)n5)cc4)CC3)C2)c2ccncc21. The number of esters is 1. The Hall–Kier alpha value is -3.91. The van der Waals surface area contributed by atoms with Crippen LogP contribution in [-0.4, -0.2) is 44.8 Å². The third kappa shape index (κ3) is 3.21. The number of hydrogen-bond donors (Lipinski definition) is 0. The quantitative estimate of drug-likeness (QED) is 0.386. The molecule has 1 spiro atoms. The van der Waals surface area contributed by atoms with Crippen molar-refractivity contribution in [3.05, 3.63) is 89.3 Å². The maximum Gasteiger partial charge on any atom is 0.341 e. The molecule has 0 N–H and O–H groups in total. The highest BCUT2D eigenvalue weighted by atomic mass is 32.1. The molecule has 7 nitrogen and oxygen atoms in total. The lowest BCUT2D eigenvalue weighted by atomic mass is 9.92. The molecule has 5 heterocycles. The number of rotatable bonds is 4. The summed E-state index contributed by atoms with van der Waals surface area (Å²) in [6.07, 6.45) is 9.08. The van der Waals surface area contributed by atoms with Gasteiger partial charge in [0.2, 0.25) is 5.91 Å². The van der Waals surface area contributed by atoms with E-state index in [0.29, 0.717) is 25.1 Å². The van der Waals surface area contributed by atoms with Gasteiger partial charge in [-0.2, -0.15) is 0 Å². The normalized spacial score (nSPS) is 21.4. The molecule has 1 saturated carbocycles. The second-order valence-electron chi connectivity index (χ2n) is 9.72. The number of fused-ring (bicyclic) bond motifs is 2. The fourth-order valence-corrected chi connectivity index (χ4v) is 6.36. The standard InChI is InChI=1S/C28H22N4O3S/c33-25-21-15-30-12-7-22(21)28(35-25)10-13-32(17-28)26(34)27(8-9-27)20-5-3-18(4-6-20)23-16-36-24(31-23)19-2-1-11-29-14-19/h1-7,11-12,14-16H,8-10,13,17H2. The number of likely N-dealkylation sites (tertiary alicyclic amines) is 1. The number of pyridine rings is 2. The van der Waals surface area contributed by atoms with Crippen LogP contribution in [0, 0.1) is 0 Å². The van der Waals surface area contributed by atoms with E-state index in [4.69, 9.17) is 9.72 Å². The van der Waals surface area contributed by atoms with Gasteiger partial charge in [0.25, 0.3) is 0 Å². The number of amides is 1. The van der Waals surface area contributed by atoms with E-state index in [1.807, 2.05) is 29.3 Å². The van der Waals surface area contributed by atoms with Crippen molar-refractivity contribution < 1.29 is 14.3 Å². The maximum absolute atomic E-state index is 13.7. The molecule has 2 aliphatic heterocycles. The fraction of sp³-hybridized carbons (Fsp3) is 0.250. The van der Waals surface area contributed by atoms with Gasteiger partial charge in [-0.15, -0.1) is 11.3 Å². The first-order chi connectivity index (χ1) is 17.6. The van der Waals surface area contributed by atoms with Crippen molar-refractivity contribution in [2.45, 2.75) is 30.3 Å². The van der Waals surface area contributed by atoms with Crippen LogP contribution in [0.5, 0.6) is 0 Å². The van der Waals surface area contributed by atoms with Gasteiger partial charge in [0.15, 0.2) is 5.60 Å². The van der Waals surface area contributed by atoms with E-state index in [0.717, 1.165) is 45.8 Å². The number of thiazole rings is 1. The van der Waals surface area contributed by atoms with E-state index in [1.165, 1.54) is 0 Å². The molecule has 178 valence electrons. The molecule has 4 aromatic rings. The number of carbonyl (C=O) groups is 2. The van der Waals surface area contributed by atoms with Crippen molar-refractivity contribution in [2.24, 2.45) is 0 Å². The zero-order chi connectivity index (χ0) is 24.3. The predicted octanol–water partition coefficient (Wildman–Crippen LogP) is 4.60. The Balaban J connectivity index is 1.11. The summed E-state index contributed by atoms with van der Waals surface area (Å²) in [6, 6.07) is 14.0. The van der Waals surface area contributed by atoms with Crippen LogP contribution >= 0.6 is 11.3 Å². The van der Waals surface area contributed by atoms with Gasteiger partial charge in [-0.25, -0.2) is 9.78 Å². The lowest BCUT2D eigenvalue weighted by molar-refractivity contribution is -0.134. The molecule has 1 amide bonds. The summed E-state index contributed by atoms with van der Waals surface area (Å²) in [5.41, 5.74) is 4.10. The average Bonchev–Trinajstić information content (AvgIpc) is 3.27. The lowest BCUT2D eigenvalue weighted by Gasteiger charge is -2.27. The van der Waals surface area contributed by atoms with E-state index in [9.17, 15) is 9.59 Å². The summed E-state index contributed by atoms with van der Waals surface area (Å²) in [7, 11) is 0. The minimum absolute atomic E-state index is 0.123. The molecule has 1 aromatic carbocycles. The lowest BCUT2D eigenvalue weighted by Crippen LogP contribution is -2.40. The van der Waals surface area contributed by atoms with Gasteiger partial charge in [-0.05, 0) is 36.6 Å². The zero-order valence-corrected chi connectivity index (χ0v) is 20.2. The first-order valence-corrected chi connectivity index (χ1v) is 12.9. The minimum Gasteiger partial charge on any atom is -0.449 e. The van der Waals surface area contributed by atoms with E-state index in [1.54, 1.807) is 29.9 Å². The third-order valence-electron chi connectivity index (χ3n) is 7.64. The van der Waals surface area contributed by atoms with Crippen LogP contribution in [0.15, 0.2) is 72.6 Å². The molecule has 36 heavy (non-hydrogen) atoms. The van der Waals surface area contributed by atoms with Crippen LogP contribution in [0.1, 0.15) is 40.7 Å². The molecule has 0 bridgehead atoms. The summed E-state index contributed by atoms with van der Waals surface area (Å²) in [6.45, 7) is 0.966. The highest BCUT2D eigenvalue weighted by molar-refractivity contribution is 7.13. The molecule has 1 unspecified atom stereocenters. The molecule has 1 aliphatic carbocycles. The summed E-state index contributed by atoms with van der Waals surface area (Å²) in [4.78, 5) is 41.0. The molecule has 7 rings (SSSR count). The predicted molar refractivity (Wildman–Crippen MR) is 134 cm³/mol. The number of benzene rings is 1. The van der Waals surface area contributed by atoms with Crippen LogP contribution in [-0.2, 0) is 20.5 Å². The van der Waals surface area contributed by atoms with E-state index in [-0.39, 0.29) is 11.9 Å². The third-order valence-corrected chi connectivity index (χ3v) is 8.54. The number of aromatic nitrogens is 3. The Kier molecular flexibility index (Phi) is 4.63. The van der Waals surface area contributed by atoms with Crippen molar-refractivity contribution in [3.8, 4) is 21.8 Å². The van der Waals surface area contributed by atoms with Crippen LogP contribution in [0.2, 0.25) is 0 Å². The van der Waals surface area contributed by atoms with E-state index >= 15 is 0 Å². The van der Waals surface area contributed by atoms with Crippen molar-refractivity contribution in [1.29, 1.82) is 0 Å². The van der Waals surface area contributed by atoms with Gasteiger partial charge in [0.05, 0.1) is 23.2 Å². The maximum atomic E-state index is 13.7. The Labute approximate surface area is 211 Å². The van der Waals surface area contributed by atoms with Gasteiger partial charge in [-0.1, -0.05) is 24.3 Å².